The third-order valence-electron chi connectivity index (χ3n) is 3.12. The van der Waals surface area contributed by atoms with Gasteiger partial charge in [0, 0.05) is 16.0 Å². The van der Waals surface area contributed by atoms with Crippen molar-refractivity contribution in [2.24, 2.45) is 0 Å². The van der Waals surface area contributed by atoms with Crippen LogP contribution in [0.4, 0.5) is 5.00 Å². The molecule has 0 fully saturated rings. The first kappa shape index (κ1) is 14.2. The van der Waals surface area contributed by atoms with Crippen LogP contribution in [0.3, 0.4) is 0 Å². The van der Waals surface area contributed by atoms with Gasteiger partial charge in [0.2, 0.25) is 0 Å². The SMILES string of the molecule is CCc1sc(N)c(C#N)c1-c1cc(OC)ccc1OC. The molecule has 2 N–H and O–H groups in total. The number of ether oxygens (including phenoxy) is 2. The lowest BCUT2D eigenvalue weighted by Gasteiger charge is -2.11. The largest absolute Gasteiger partial charge is 0.497 e. The van der Waals surface area contributed by atoms with Crippen LogP contribution in [0.1, 0.15) is 17.4 Å². The molecule has 0 amide bonds. The van der Waals surface area contributed by atoms with Crippen molar-refractivity contribution < 1.29 is 9.47 Å². The second-order valence-electron chi connectivity index (χ2n) is 4.17. The topological polar surface area (TPSA) is 68.3 Å². The fourth-order valence-electron chi connectivity index (χ4n) is 2.15. The summed E-state index contributed by atoms with van der Waals surface area (Å²) >= 11 is 1.45. The number of thiophene rings is 1. The molecule has 0 unspecified atom stereocenters. The summed E-state index contributed by atoms with van der Waals surface area (Å²) in [7, 11) is 3.22. The van der Waals surface area contributed by atoms with E-state index in [1.165, 1.54) is 11.3 Å². The summed E-state index contributed by atoms with van der Waals surface area (Å²) in [4.78, 5) is 1.07. The Balaban J connectivity index is 2.76. The summed E-state index contributed by atoms with van der Waals surface area (Å²) < 4.78 is 10.7. The minimum Gasteiger partial charge on any atom is -0.497 e. The van der Waals surface area contributed by atoms with Gasteiger partial charge in [-0.3, -0.25) is 0 Å². The smallest absolute Gasteiger partial charge is 0.127 e. The lowest BCUT2D eigenvalue weighted by atomic mass is 9.99. The molecule has 0 aliphatic heterocycles. The molecule has 1 aromatic heterocycles. The highest BCUT2D eigenvalue weighted by Crippen LogP contribution is 2.43. The van der Waals surface area contributed by atoms with E-state index in [4.69, 9.17) is 15.2 Å². The molecule has 0 spiro atoms. The van der Waals surface area contributed by atoms with Crippen molar-refractivity contribution in [1.82, 2.24) is 0 Å². The number of nitrogens with two attached hydrogens (primary N) is 1. The van der Waals surface area contributed by atoms with Crippen molar-refractivity contribution >= 4 is 16.3 Å². The van der Waals surface area contributed by atoms with E-state index in [0.717, 1.165) is 28.2 Å². The summed E-state index contributed by atoms with van der Waals surface area (Å²) in [5.41, 5.74) is 8.16. The Hall–Kier alpha value is -2.19. The van der Waals surface area contributed by atoms with Crippen LogP contribution in [0.25, 0.3) is 11.1 Å². The molecule has 0 aliphatic rings. The molecule has 104 valence electrons. The van der Waals surface area contributed by atoms with Crippen LogP contribution >= 0.6 is 11.3 Å². The van der Waals surface area contributed by atoms with E-state index in [0.29, 0.717) is 16.3 Å². The normalized spacial score (nSPS) is 10.1. The zero-order valence-corrected chi connectivity index (χ0v) is 12.5. The van der Waals surface area contributed by atoms with E-state index in [-0.39, 0.29) is 0 Å². The van der Waals surface area contributed by atoms with E-state index in [2.05, 4.69) is 6.07 Å². The van der Waals surface area contributed by atoms with Crippen molar-refractivity contribution in [3.8, 4) is 28.7 Å². The predicted octanol–water partition coefficient (Wildman–Crippen LogP) is 3.45. The van der Waals surface area contributed by atoms with Gasteiger partial charge in [-0.1, -0.05) is 6.92 Å². The van der Waals surface area contributed by atoms with Crippen LogP contribution in [0, 0.1) is 11.3 Å². The number of hydrogen-bond donors (Lipinski definition) is 1. The maximum Gasteiger partial charge on any atom is 0.127 e. The highest BCUT2D eigenvalue weighted by Gasteiger charge is 2.20. The molecule has 5 heteroatoms. The minimum atomic E-state index is 0.512. The summed E-state index contributed by atoms with van der Waals surface area (Å²) in [5, 5.41) is 9.91. The number of aryl methyl sites for hydroxylation is 1. The Morgan fingerprint density at radius 2 is 2.05 bits per heavy atom. The van der Waals surface area contributed by atoms with Gasteiger partial charge in [0.15, 0.2) is 0 Å². The minimum absolute atomic E-state index is 0.512. The maximum absolute atomic E-state index is 9.36. The maximum atomic E-state index is 9.36. The number of nitriles is 1. The first-order chi connectivity index (χ1) is 9.65. The van der Waals surface area contributed by atoms with E-state index < -0.39 is 0 Å². The first-order valence-corrected chi connectivity index (χ1v) is 7.01. The highest BCUT2D eigenvalue weighted by atomic mass is 32.1. The molecular formula is C15H16N2O2S. The fraction of sp³-hybridized carbons (Fsp3) is 0.267. The van der Waals surface area contributed by atoms with Crippen LogP contribution in [0.15, 0.2) is 18.2 Å². The van der Waals surface area contributed by atoms with E-state index in [1.54, 1.807) is 14.2 Å². The lowest BCUT2D eigenvalue weighted by Crippen LogP contribution is -1.93. The molecule has 0 aliphatic carbocycles. The molecular weight excluding hydrogens is 272 g/mol. The molecule has 0 radical (unpaired) electrons. The van der Waals surface area contributed by atoms with Crippen LogP contribution in [0.5, 0.6) is 11.5 Å². The number of rotatable bonds is 4. The van der Waals surface area contributed by atoms with E-state index in [1.807, 2.05) is 25.1 Å². The average Bonchev–Trinajstić information content (AvgIpc) is 2.82. The number of hydrogen-bond acceptors (Lipinski definition) is 5. The number of nitrogens with zero attached hydrogens (tertiary/aromatic N) is 1. The molecule has 2 rings (SSSR count). The highest BCUT2D eigenvalue weighted by molar-refractivity contribution is 7.16. The standard InChI is InChI=1S/C15H16N2O2S/c1-4-13-14(11(8-16)15(17)20-13)10-7-9(18-2)5-6-12(10)19-3/h5-7H,4,17H2,1-3H3. The average molecular weight is 288 g/mol. The van der Waals surface area contributed by atoms with E-state index >= 15 is 0 Å². The Morgan fingerprint density at radius 3 is 2.60 bits per heavy atom. The van der Waals surface area contributed by atoms with Gasteiger partial charge in [0.05, 0.1) is 19.8 Å². The number of methoxy groups -OCH3 is 2. The van der Waals surface area contributed by atoms with Crippen LogP contribution in [-0.4, -0.2) is 14.2 Å². The van der Waals surface area contributed by atoms with Crippen LogP contribution < -0.4 is 15.2 Å². The van der Waals surface area contributed by atoms with E-state index in [9.17, 15) is 5.26 Å². The molecule has 4 nitrogen and oxygen atoms in total. The van der Waals surface area contributed by atoms with Crippen molar-refractivity contribution in [2.45, 2.75) is 13.3 Å². The second-order valence-corrected chi connectivity index (χ2v) is 5.31. The van der Waals surface area contributed by atoms with Gasteiger partial charge < -0.3 is 15.2 Å². The molecule has 2 aromatic rings. The Kier molecular flexibility index (Phi) is 4.16. The molecule has 0 bridgehead atoms. The van der Waals surface area contributed by atoms with Crippen LogP contribution in [0.2, 0.25) is 0 Å². The van der Waals surface area contributed by atoms with Crippen molar-refractivity contribution in [1.29, 1.82) is 5.26 Å². The number of nitrogen functional groups attached to an aromatic ring is 1. The zero-order valence-electron chi connectivity index (χ0n) is 11.7. The van der Waals surface area contributed by atoms with Gasteiger partial charge in [0.25, 0.3) is 0 Å². The number of benzene rings is 1. The Labute approximate surface area is 122 Å². The summed E-state index contributed by atoms with van der Waals surface area (Å²) in [5.74, 6) is 1.42. The molecule has 0 saturated heterocycles. The van der Waals surface area contributed by atoms with Gasteiger partial charge in [-0.15, -0.1) is 11.3 Å². The van der Waals surface area contributed by atoms with Crippen molar-refractivity contribution in [3.63, 3.8) is 0 Å². The summed E-state index contributed by atoms with van der Waals surface area (Å²) in [6.45, 7) is 2.04. The fourth-order valence-corrected chi connectivity index (χ4v) is 3.13. The van der Waals surface area contributed by atoms with Crippen molar-refractivity contribution in [3.05, 3.63) is 28.6 Å². The van der Waals surface area contributed by atoms with Gasteiger partial charge in [-0.05, 0) is 24.6 Å². The third-order valence-corrected chi connectivity index (χ3v) is 4.28. The van der Waals surface area contributed by atoms with Gasteiger partial charge in [0.1, 0.15) is 22.6 Å². The van der Waals surface area contributed by atoms with Crippen molar-refractivity contribution in [2.75, 3.05) is 20.0 Å². The lowest BCUT2D eigenvalue weighted by molar-refractivity contribution is 0.404. The molecule has 0 atom stereocenters. The first-order valence-electron chi connectivity index (χ1n) is 6.19. The molecule has 1 aromatic carbocycles. The number of anilines is 1. The monoisotopic (exact) mass is 288 g/mol. The van der Waals surface area contributed by atoms with Gasteiger partial charge in [-0.2, -0.15) is 5.26 Å². The zero-order chi connectivity index (χ0) is 14.7. The molecule has 0 saturated carbocycles. The van der Waals surface area contributed by atoms with Crippen LogP contribution in [-0.2, 0) is 6.42 Å². The summed E-state index contributed by atoms with van der Waals surface area (Å²) in [6.07, 6.45) is 0.812. The Morgan fingerprint density at radius 1 is 1.30 bits per heavy atom. The summed E-state index contributed by atoms with van der Waals surface area (Å²) in [6, 6.07) is 7.74. The second kappa shape index (κ2) is 5.85. The molecule has 20 heavy (non-hydrogen) atoms. The Bertz CT molecular complexity index is 671. The third kappa shape index (κ3) is 2.30. The molecule has 1 heterocycles. The van der Waals surface area contributed by atoms with Gasteiger partial charge >= 0.3 is 0 Å². The predicted molar refractivity (Wildman–Crippen MR) is 81.4 cm³/mol. The quantitative estimate of drug-likeness (QED) is 0.935. The van der Waals surface area contributed by atoms with Gasteiger partial charge in [-0.25, -0.2) is 0 Å².